The predicted molar refractivity (Wildman–Crippen MR) is 121 cm³/mol. The van der Waals surface area contributed by atoms with Gasteiger partial charge in [0.2, 0.25) is 5.91 Å². The standard InChI is InChI=1S/C24H29N3O3S/c1-17-6-8-19(9-7-17)22(28)25-21(24(30)26-12-2-3-13-26)18-10-14-27(15-11-18)23(29)20-5-4-16-31-20/h4-9,16,18,21H,2-3,10-15H2,1H3,(H,25,28)/t21-/m1/s1. The van der Waals surface area contributed by atoms with Gasteiger partial charge in [-0.15, -0.1) is 11.3 Å². The van der Waals surface area contributed by atoms with E-state index in [-0.39, 0.29) is 23.6 Å². The summed E-state index contributed by atoms with van der Waals surface area (Å²) in [6.07, 6.45) is 3.43. The SMILES string of the molecule is Cc1ccc(C(=O)N[C@@H](C(=O)N2CCCC2)C2CCN(C(=O)c3cccs3)CC2)cc1. The number of piperidine rings is 1. The van der Waals surface area contributed by atoms with Crippen LogP contribution in [0.5, 0.6) is 0 Å². The van der Waals surface area contributed by atoms with Crippen molar-refractivity contribution in [2.24, 2.45) is 5.92 Å². The molecule has 2 aliphatic heterocycles. The predicted octanol–water partition coefficient (Wildman–Crippen LogP) is 3.33. The van der Waals surface area contributed by atoms with Gasteiger partial charge in [-0.05, 0) is 62.1 Å². The first-order valence-corrected chi connectivity index (χ1v) is 11.9. The van der Waals surface area contributed by atoms with Crippen LogP contribution < -0.4 is 5.32 Å². The van der Waals surface area contributed by atoms with Gasteiger partial charge in [-0.1, -0.05) is 23.8 Å². The summed E-state index contributed by atoms with van der Waals surface area (Å²) in [5.74, 6) is -0.120. The molecule has 2 saturated heterocycles. The van der Waals surface area contributed by atoms with E-state index in [1.54, 1.807) is 12.1 Å². The Morgan fingerprint density at radius 2 is 1.65 bits per heavy atom. The topological polar surface area (TPSA) is 69.7 Å². The molecule has 3 heterocycles. The number of amides is 3. The highest BCUT2D eigenvalue weighted by Gasteiger charge is 2.37. The van der Waals surface area contributed by atoms with Crippen LogP contribution in [-0.2, 0) is 4.79 Å². The fourth-order valence-corrected chi connectivity index (χ4v) is 5.13. The highest BCUT2D eigenvalue weighted by molar-refractivity contribution is 7.12. The van der Waals surface area contributed by atoms with Crippen molar-refractivity contribution in [3.05, 3.63) is 57.8 Å². The molecule has 4 rings (SSSR count). The minimum atomic E-state index is -0.550. The average Bonchev–Trinajstić information content (AvgIpc) is 3.52. The van der Waals surface area contributed by atoms with E-state index in [2.05, 4.69) is 5.32 Å². The molecule has 1 atom stereocenters. The molecule has 7 heteroatoms. The summed E-state index contributed by atoms with van der Waals surface area (Å²) < 4.78 is 0. The van der Waals surface area contributed by atoms with Crippen molar-refractivity contribution in [2.45, 2.75) is 38.6 Å². The molecule has 0 bridgehead atoms. The molecular formula is C24H29N3O3S. The summed E-state index contributed by atoms with van der Waals surface area (Å²) in [7, 11) is 0. The summed E-state index contributed by atoms with van der Waals surface area (Å²) in [5, 5.41) is 4.95. The molecule has 6 nitrogen and oxygen atoms in total. The summed E-state index contributed by atoms with van der Waals surface area (Å²) in [6, 6.07) is 10.6. The van der Waals surface area contributed by atoms with Crippen LogP contribution in [0.25, 0.3) is 0 Å². The second-order valence-electron chi connectivity index (χ2n) is 8.46. The minimum absolute atomic E-state index is 0.0148. The van der Waals surface area contributed by atoms with Crippen molar-refractivity contribution >= 4 is 29.1 Å². The number of aryl methyl sites for hydroxylation is 1. The van der Waals surface area contributed by atoms with Gasteiger partial charge in [0.15, 0.2) is 0 Å². The lowest BCUT2D eigenvalue weighted by Crippen LogP contribution is -2.54. The van der Waals surface area contributed by atoms with Crippen LogP contribution >= 0.6 is 11.3 Å². The molecule has 2 aliphatic rings. The summed E-state index contributed by atoms with van der Waals surface area (Å²) >= 11 is 1.45. The van der Waals surface area contributed by atoms with E-state index >= 15 is 0 Å². The van der Waals surface area contributed by atoms with Crippen LogP contribution in [0.1, 0.15) is 51.3 Å². The van der Waals surface area contributed by atoms with E-state index in [0.717, 1.165) is 36.4 Å². The first-order chi connectivity index (χ1) is 15.0. The van der Waals surface area contributed by atoms with Crippen LogP contribution in [0.3, 0.4) is 0 Å². The summed E-state index contributed by atoms with van der Waals surface area (Å²) in [6.45, 7) is 4.70. The molecule has 0 unspecified atom stereocenters. The smallest absolute Gasteiger partial charge is 0.263 e. The number of benzene rings is 1. The number of carbonyl (C=O) groups is 3. The van der Waals surface area contributed by atoms with E-state index in [1.165, 1.54) is 11.3 Å². The van der Waals surface area contributed by atoms with Gasteiger partial charge in [0.1, 0.15) is 6.04 Å². The number of thiophene rings is 1. The maximum atomic E-state index is 13.3. The van der Waals surface area contributed by atoms with Gasteiger partial charge < -0.3 is 15.1 Å². The molecular weight excluding hydrogens is 410 g/mol. The van der Waals surface area contributed by atoms with Crippen molar-refractivity contribution < 1.29 is 14.4 Å². The molecule has 3 amide bonds. The van der Waals surface area contributed by atoms with Crippen LogP contribution in [0, 0.1) is 12.8 Å². The van der Waals surface area contributed by atoms with Gasteiger partial charge in [0.25, 0.3) is 11.8 Å². The Balaban J connectivity index is 1.45. The Morgan fingerprint density at radius 1 is 0.968 bits per heavy atom. The maximum Gasteiger partial charge on any atom is 0.263 e. The molecule has 1 N–H and O–H groups in total. The van der Waals surface area contributed by atoms with E-state index in [9.17, 15) is 14.4 Å². The van der Waals surface area contributed by atoms with Crippen molar-refractivity contribution in [3.8, 4) is 0 Å². The maximum absolute atomic E-state index is 13.3. The third kappa shape index (κ3) is 4.98. The van der Waals surface area contributed by atoms with Crippen molar-refractivity contribution in [1.29, 1.82) is 0 Å². The van der Waals surface area contributed by atoms with E-state index in [1.807, 2.05) is 46.4 Å². The molecule has 0 radical (unpaired) electrons. The number of carbonyl (C=O) groups excluding carboxylic acids is 3. The van der Waals surface area contributed by atoms with Crippen molar-refractivity contribution in [2.75, 3.05) is 26.2 Å². The average molecular weight is 440 g/mol. The largest absolute Gasteiger partial charge is 0.341 e. The molecule has 1 aromatic heterocycles. The lowest BCUT2D eigenvalue weighted by molar-refractivity contribution is -0.134. The van der Waals surface area contributed by atoms with Crippen LogP contribution in [0.2, 0.25) is 0 Å². The first-order valence-electron chi connectivity index (χ1n) is 11.0. The number of hydrogen-bond donors (Lipinski definition) is 1. The van der Waals surface area contributed by atoms with Crippen LogP contribution in [-0.4, -0.2) is 59.7 Å². The minimum Gasteiger partial charge on any atom is -0.341 e. The van der Waals surface area contributed by atoms with E-state index < -0.39 is 6.04 Å². The molecule has 164 valence electrons. The number of likely N-dealkylation sites (tertiary alicyclic amines) is 2. The molecule has 2 fully saturated rings. The zero-order valence-electron chi connectivity index (χ0n) is 17.9. The Kier molecular flexibility index (Phi) is 6.70. The summed E-state index contributed by atoms with van der Waals surface area (Å²) in [4.78, 5) is 43.4. The number of nitrogens with one attached hydrogen (secondary N) is 1. The van der Waals surface area contributed by atoms with E-state index in [0.29, 0.717) is 31.5 Å². The molecule has 2 aromatic rings. The Bertz CT molecular complexity index is 912. The van der Waals surface area contributed by atoms with Gasteiger partial charge in [0, 0.05) is 31.7 Å². The zero-order chi connectivity index (χ0) is 21.8. The Labute approximate surface area is 187 Å². The third-order valence-electron chi connectivity index (χ3n) is 6.31. The molecule has 0 saturated carbocycles. The second-order valence-corrected chi connectivity index (χ2v) is 9.40. The Hall–Kier alpha value is -2.67. The molecule has 1 aromatic carbocycles. The molecule has 31 heavy (non-hydrogen) atoms. The van der Waals surface area contributed by atoms with Crippen molar-refractivity contribution in [1.82, 2.24) is 15.1 Å². The molecule has 0 aliphatic carbocycles. The van der Waals surface area contributed by atoms with Crippen LogP contribution in [0.4, 0.5) is 0 Å². The number of hydrogen-bond acceptors (Lipinski definition) is 4. The van der Waals surface area contributed by atoms with Gasteiger partial charge in [-0.25, -0.2) is 0 Å². The van der Waals surface area contributed by atoms with Crippen molar-refractivity contribution in [3.63, 3.8) is 0 Å². The molecule has 0 spiro atoms. The monoisotopic (exact) mass is 439 g/mol. The number of rotatable bonds is 5. The highest BCUT2D eigenvalue weighted by atomic mass is 32.1. The second kappa shape index (κ2) is 9.64. The number of nitrogens with zero attached hydrogens (tertiary/aromatic N) is 2. The fourth-order valence-electron chi connectivity index (χ4n) is 4.44. The Morgan fingerprint density at radius 3 is 2.26 bits per heavy atom. The van der Waals surface area contributed by atoms with Gasteiger partial charge in [-0.2, -0.15) is 0 Å². The van der Waals surface area contributed by atoms with Gasteiger partial charge in [0.05, 0.1) is 4.88 Å². The first kappa shape index (κ1) is 21.6. The quantitative estimate of drug-likeness (QED) is 0.777. The normalized spacial score (nSPS) is 18.1. The lowest BCUT2D eigenvalue weighted by Gasteiger charge is -2.37. The van der Waals surface area contributed by atoms with Gasteiger partial charge >= 0.3 is 0 Å². The summed E-state index contributed by atoms with van der Waals surface area (Å²) in [5.41, 5.74) is 1.65. The van der Waals surface area contributed by atoms with E-state index in [4.69, 9.17) is 0 Å². The highest BCUT2D eigenvalue weighted by Crippen LogP contribution is 2.25. The fraction of sp³-hybridized carbons (Fsp3) is 0.458. The van der Waals surface area contributed by atoms with Gasteiger partial charge in [-0.3, -0.25) is 14.4 Å². The zero-order valence-corrected chi connectivity index (χ0v) is 18.7. The lowest BCUT2D eigenvalue weighted by atomic mass is 9.88. The third-order valence-corrected chi connectivity index (χ3v) is 7.17. The van der Waals surface area contributed by atoms with Crippen LogP contribution in [0.15, 0.2) is 41.8 Å².